The Hall–Kier alpha value is -1.10. The van der Waals surface area contributed by atoms with Gasteiger partial charge in [-0.05, 0) is 31.4 Å². The highest BCUT2D eigenvalue weighted by Gasteiger charge is 2.26. The van der Waals surface area contributed by atoms with Crippen LogP contribution in [0.15, 0.2) is 27.8 Å². The minimum atomic E-state index is -0.753. The van der Waals surface area contributed by atoms with E-state index in [1.807, 2.05) is 13.0 Å². The van der Waals surface area contributed by atoms with Crippen LogP contribution in [0.2, 0.25) is 0 Å². The fraction of sp³-hybridized carbons (Fsp3) is 0.647. The maximum Gasteiger partial charge on any atom is 0.239 e. The van der Waals surface area contributed by atoms with Crippen LogP contribution in [-0.2, 0) is 22.1 Å². The van der Waals surface area contributed by atoms with Gasteiger partial charge in [-0.3, -0.25) is 14.0 Å². The first kappa shape index (κ1) is 22.9. The van der Waals surface area contributed by atoms with Crippen LogP contribution in [-0.4, -0.2) is 46.7 Å². The SMILES string of the molecule is CCS(=O)C1CCCC(NC(=NC)NCC(=O)NCc2ccco2)C1.I. The highest BCUT2D eigenvalue weighted by Crippen LogP contribution is 2.22. The number of rotatable bonds is 7. The summed E-state index contributed by atoms with van der Waals surface area (Å²) in [5.74, 6) is 1.89. The number of aliphatic imine (C=N–C) groups is 1. The molecule has 1 aliphatic carbocycles. The molecular weight excluding hydrogens is 467 g/mol. The fourth-order valence-corrected chi connectivity index (χ4v) is 4.31. The Morgan fingerprint density at radius 2 is 2.19 bits per heavy atom. The van der Waals surface area contributed by atoms with Crippen molar-refractivity contribution >= 4 is 46.6 Å². The minimum Gasteiger partial charge on any atom is -0.467 e. The smallest absolute Gasteiger partial charge is 0.239 e. The number of furan rings is 1. The Labute approximate surface area is 174 Å². The molecule has 7 nitrogen and oxygen atoms in total. The van der Waals surface area contributed by atoms with Crippen LogP contribution < -0.4 is 16.0 Å². The molecule has 0 spiro atoms. The van der Waals surface area contributed by atoms with Crippen LogP contribution in [0.1, 0.15) is 38.4 Å². The molecule has 1 saturated carbocycles. The minimum absolute atomic E-state index is 0. The van der Waals surface area contributed by atoms with Gasteiger partial charge in [0.1, 0.15) is 5.76 Å². The number of guanidine groups is 1. The molecule has 26 heavy (non-hydrogen) atoms. The quantitative estimate of drug-likeness (QED) is 0.304. The molecule has 0 saturated heterocycles. The average Bonchev–Trinajstić information content (AvgIpc) is 3.16. The number of halogens is 1. The summed E-state index contributed by atoms with van der Waals surface area (Å²) in [6.45, 7) is 2.47. The summed E-state index contributed by atoms with van der Waals surface area (Å²) in [5, 5.41) is 9.41. The lowest BCUT2D eigenvalue weighted by Crippen LogP contribution is -2.48. The zero-order chi connectivity index (χ0) is 18.1. The summed E-state index contributed by atoms with van der Waals surface area (Å²) >= 11 is 0. The predicted octanol–water partition coefficient (Wildman–Crippen LogP) is 1.76. The van der Waals surface area contributed by atoms with Crippen molar-refractivity contribution in [1.82, 2.24) is 16.0 Å². The molecule has 1 aromatic rings. The first-order valence-electron chi connectivity index (χ1n) is 8.75. The van der Waals surface area contributed by atoms with Crippen LogP contribution in [0.4, 0.5) is 0 Å². The van der Waals surface area contributed by atoms with Gasteiger partial charge in [-0.15, -0.1) is 24.0 Å². The molecule has 1 aliphatic rings. The van der Waals surface area contributed by atoms with Gasteiger partial charge >= 0.3 is 0 Å². The first-order valence-corrected chi connectivity index (χ1v) is 10.1. The van der Waals surface area contributed by atoms with Crippen molar-refractivity contribution in [2.45, 2.75) is 50.4 Å². The van der Waals surface area contributed by atoms with Crippen LogP contribution in [0.5, 0.6) is 0 Å². The Morgan fingerprint density at radius 3 is 2.85 bits per heavy atom. The van der Waals surface area contributed by atoms with E-state index in [9.17, 15) is 9.00 Å². The zero-order valence-corrected chi connectivity index (χ0v) is 18.5. The molecule has 0 radical (unpaired) electrons. The van der Waals surface area contributed by atoms with Gasteiger partial charge in [0, 0.05) is 34.9 Å². The number of amides is 1. The summed E-state index contributed by atoms with van der Waals surface area (Å²) in [7, 11) is 0.928. The van der Waals surface area contributed by atoms with E-state index in [0.29, 0.717) is 24.0 Å². The van der Waals surface area contributed by atoms with Crippen molar-refractivity contribution in [2.24, 2.45) is 4.99 Å². The van der Waals surface area contributed by atoms with E-state index in [4.69, 9.17) is 4.42 Å². The van der Waals surface area contributed by atoms with Crippen molar-refractivity contribution in [2.75, 3.05) is 19.3 Å². The normalized spacial score (nSPS) is 21.4. The van der Waals surface area contributed by atoms with Crippen molar-refractivity contribution in [1.29, 1.82) is 0 Å². The second-order valence-corrected chi connectivity index (χ2v) is 8.09. The number of nitrogens with one attached hydrogen (secondary N) is 3. The zero-order valence-electron chi connectivity index (χ0n) is 15.3. The second kappa shape index (κ2) is 12.3. The summed E-state index contributed by atoms with van der Waals surface area (Å²) < 4.78 is 17.2. The third-order valence-corrected chi connectivity index (χ3v) is 6.04. The number of nitrogens with zero attached hydrogens (tertiary/aromatic N) is 1. The van der Waals surface area contributed by atoms with E-state index in [2.05, 4.69) is 20.9 Å². The average molecular weight is 496 g/mol. The van der Waals surface area contributed by atoms with Crippen molar-refractivity contribution in [3.8, 4) is 0 Å². The molecule has 0 bridgehead atoms. The lowest BCUT2D eigenvalue weighted by Gasteiger charge is -2.30. The monoisotopic (exact) mass is 496 g/mol. The molecule has 3 unspecified atom stereocenters. The summed E-state index contributed by atoms with van der Waals surface area (Å²) in [5.41, 5.74) is 0. The lowest BCUT2D eigenvalue weighted by molar-refractivity contribution is -0.120. The van der Waals surface area contributed by atoms with Crippen molar-refractivity contribution < 1.29 is 13.4 Å². The predicted molar refractivity (Wildman–Crippen MR) is 115 cm³/mol. The standard InChI is InChI=1S/C17H28N4O3S.HI/c1-3-25(23)15-8-4-6-13(10-15)21-17(18-2)20-12-16(22)19-11-14-7-5-9-24-14;/h5,7,9,13,15H,3-4,6,8,10-12H2,1-2H3,(H,19,22)(H2,18,20,21);1H. The maximum atomic E-state index is 12.0. The molecule has 0 aromatic carbocycles. The summed E-state index contributed by atoms with van der Waals surface area (Å²) in [4.78, 5) is 16.1. The topological polar surface area (TPSA) is 95.7 Å². The molecule has 1 amide bonds. The van der Waals surface area contributed by atoms with Crippen LogP contribution in [0.25, 0.3) is 0 Å². The Kier molecular flexibility index (Phi) is 10.9. The highest BCUT2D eigenvalue weighted by molar-refractivity contribution is 14.0. The summed E-state index contributed by atoms with van der Waals surface area (Å²) in [6, 6.07) is 3.84. The molecule has 2 rings (SSSR count). The molecule has 1 aromatic heterocycles. The highest BCUT2D eigenvalue weighted by atomic mass is 127. The van der Waals surface area contributed by atoms with Crippen LogP contribution in [0, 0.1) is 0 Å². The van der Waals surface area contributed by atoms with Crippen molar-refractivity contribution in [3.63, 3.8) is 0 Å². The molecule has 1 heterocycles. The van der Waals surface area contributed by atoms with Gasteiger partial charge in [0.05, 0.1) is 19.4 Å². The van der Waals surface area contributed by atoms with E-state index in [1.54, 1.807) is 19.4 Å². The van der Waals surface area contributed by atoms with Gasteiger partial charge in [0.25, 0.3) is 0 Å². The van der Waals surface area contributed by atoms with Gasteiger partial charge in [-0.1, -0.05) is 13.3 Å². The number of hydrogen-bond donors (Lipinski definition) is 3. The lowest BCUT2D eigenvalue weighted by atomic mass is 9.95. The van der Waals surface area contributed by atoms with E-state index in [-0.39, 0.29) is 47.7 Å². The number of hydrogen-bond acceptors (Lipinski definition) is 4. The Bertz CT molecular complexity index is 595. The fourth-order valence-electron chi connectivity index (χ4n) is 2.96. The molecule has 3 atom stereocenters. The van der Waals surface area contributed by atoms with Gasteiger partial charge in [-0.2, -0.15) is 0 Å². The first-order chi connectivity index (χ1) is 12.1. The third kappa shape index (κ3) is 7.65. The van der Waals surface area contributed by atoms with Gasteiger partial charge in [0.15, 0.2) is 5.96 Å². The van der Waals surface area contributed by atoms with E-state index in [0.717, 1.165) is 25.7 Å². The largest absolute Gasteiger partial charge is 0.467 e. The molecule has 148 valence electrons. The van der Waals surface area contributed by atoms with Crippen LogP contribution >= 0.6 is 24.0 Å². The molecule has 9 heteroatoms. The second-order valence-electron chi connectivity index (χ2n) is 6.08. The Balaban J connectivity index is 0.00000338. The van der Waals surface area contributed by atoms with Crippen LogP contribution in [0.3, 0.4) is 0 Å². The molecule has 3 N–H and O–H groups in total. The van der Waals surface area contributed by atoms with E-state index < -0.39 is 10.8 Å². The third-order valence-electron chi connectivity index (χ3n) is 4.30. The summed E-state index contributed by atoms with van der Waals surface area (Å²) in [6.07, 6.45) is 5.58. The molecular formula is C17H29IN4O3S. The maximum absolute atomic E-state index is 12.0. The number of carbonyl (C=O) groups is 1. The van der Waals surface area contributed by atoms with E-state index in [1.165, 1.54) is 0 Å². The van der Waals surface area contributed by atoms with Crippen molar-refractivity contribution in [3.05, 3.63) is 24.2 Å². The molecule has 0 aliphatic heterocycles. The van der Waals surface area contributed by atoms with Gasteiger partial charge in [0.2, 0.25) is 5.91 Å². The van der Waals surface area contributed by atoms with Gasteiger partial charge in [-0.25, -0.2) is 0 Å². The Morgan fingerprint density at radius 1 is 1.38 bits per heavy atom. The molecule has 1 fully saturated rings. The van der Waals surface area contributed by atoms with Gasteiger partial charge < -0.3 is 20.4 Å². The number of carbonyl (C=O) groups excluding carboxylic acids is 1. The van der Waals surface area contributed by atoms with E-state index >= 15 is 0 Å².